The molecule has 24 heavy (non-hydrogen) atoms. The number of hydrogen-bond acceptors (Lipinski definition) is 6. The van der Waals surface area contributed by atoms with Gasteiger partial charge in [0, 0.05) is 28.7 Å². The number of thioether (sulfide) groups is 1. The van der Waals surface area contributed by atoms with Gasteiger partial charge in [0.2, 0.25) is 5.13 Å². The number of hydrogen-bond donors (Lipinski definition) is 2. The number of ketones is 1. The first kappa shape index (κ1) is 17.0. The zero-order valence-corrected chi connectivity index (χ0v) is 15.6. The topological polar surface area (TPSA) is 70.7 Å². The lowest BCUT2D eigenvalue weighted by Gasteiger charge is -2.08. The Kier molecular flexibility index (Phi) is 5.20. The van der Waals surface area contributed by atoms with Crippen LogP contribution in [-0.2, 0) is 0 Å². The monoisotopic (exact) mass is 360 g/mol. The first-order valence-electron chi connectivity index (χ1n) is 7.95. The number of carbonyl (C=O) groups excluding carboxylic acids is 1. The lowest BCUT2D eigenvalue weighted by molar-refractivity contribution is 0.0995. The summed E-state index contributed by atoms with van der Waals surface area (Å²) in [5.74, 6) is 0.119. The quantitative estimate of drug-likeness (QED) is 0.479. The third kappa shape index (κ3) is 3.47. The first-order chi connectivity index (χ1) is 11.6. The van der Waals surface area contributed by atoms with E-state index in [0.717, 1.165) is 44.6 Å². The molecular formula is C17H20N4OS2. The molecule has 0 fully saturated rings. The second-order valence-corrected chi connectivity index (χ2v) is 8.16. The number of H-pyrrole nitrogens is 1. The number of nitrogens with one attached hydrogen (secondary N) is 2. The Balaban J connectivity index is 1.76. The molecule has 0 saturated carbocycles. The van der Waals surface area contributed by atoms with Crippen molar-refractivity contribution in [3.05, 3.63) is 35.5 Å². The smallest absolute Gasteiger partial charge is 0.206 e. The maximum absolute atomic E-state index is 12.9. The Hall–Kier alpha value is -1.86. The van der Waals surface area contributed by atoms with Crippen molar-refractivity contribution in [1.82, 2.24) is 15.2 Å². The number of fused-ring (bicyclic) bond motifs is 1. The lowest BCUT2D eigenvalue weighted by Crippen LogP contribution is -2.14. The Labute approximate surface area is 149 Å². The van der Waals surface area contributed by atoms with Gasteiger partial charge in [-0.3, -0.25) is 4.79 Å². The van der Waals surface area contributed by atoms with E-state index in [2.05, 4.69) is 27.4 Å². The van der Waals surface area contributed by atoms with Crippen molar-refractivity contribution in [3.63, 3.8) is 0 Å². The third-order valence-corrected chi connectivity index (χ3v) is 5.78. The number of anilines is 1. The summed E-state index contributed by atoms with van der Waals surface area (Å²) < 4.78 is 0.812. The molecule has 126 valence electrons. The van der Waals surface area contributed by atoms with Crippen LogP contribution in [0.2, 0.25) is 0 Å². The number of nitrogens with zero attached hydrogens (tertiary/aromatic N) is 2. The van der Waals surface area contributed by atoms with Crippen molar-refractivity contribution in [2.24, 2.45) is 0 Å². The van der Waals surface area contributed by atoms with Crippen molar-refractivity contribution < 1.29 is 4.79 Å². The van der Waals surface area contributed by atoms with E-state index in [1.165, 1.54) is 23.1 Å². The molecule has 0 saturated heterocycles. The average Bonchev–Trinajstić information content (AvgIpc) is 3.15. The summed E-state index contributed by atoms with van der Waals surface area (Å²) in [4.78, 5) is 16.2. The number of carbonyl (C=O) groups is 1. The second kappa shape index (κ2) is 7.36. The van der Waals surface area contributed by atoms with Crippen molar-refractivity contribution in [2.45, 2.75) is 36.8 Å². The third-order valence-electron chi connectivity index (χ3n) is 3.72. The molecule has 2 N–H and O–H groups in total. The molecule has 0 aliphatic heterocycles. The highest BCUT2D eigenvalue weighted by Crippen LogP contribution is 2.32. The van der Waals surface area contributed by atoms with E-state index >= 15 is 0 Å². The van der Waals surface area contributed by atoms with Crippen LogP contribution in [0.4, 0.5) is 5.13 Å². The maximum atomic E-state index is 12.9. The average molecular weight is 361 g/mol. The Morgan fingerprint density at radius 3 is 2.96 bits per heavy atom. The molecule has 7 heteroatoms. The van der Waals surface area contributed by atoms with E-state index < -0.39 is 0 Å². The summed E-state index contributed by atoms with van der Waals surface area (Å²) in [6.45, 7) is 6.85. The Morgan fingerprint density at radius 1 is 1.38 bits per heavy atom. The predicted octanol–water partition coefficient (Wildman–Crippen LogP) is 4.51. The van der Waals surface area contributed by atoms with E-state index in [1.807, 2.05) is 38.1 Å². The number of aromatic amines is 1. The van der Waals surface area contributed by atoms with Crippen LogP contribution in [0.3, 0.4) is 0 Å². The maximum Gasteiger partial charge on any atom is 0.206 e. The van der Waals surface area contributed by atoms with Gasteiger partial charge in [0.15, 0.2) is 10.1 Å². The van der Waals surface area contributed by atoms with Gasteiger partial charge in [-0.05, 0) is 26.3 Å². The van der Waals surface area contributed by atoms with E-state index in [1.54, 1.807) is 0 Å². The highest BCUT2D eigenvalue weighted by molar-refractivity contribution is 8.02. The SMILES string of the molecule is CCCNc1nnc(S[C@H](C)C(=O)c2c(C)[nH]c3ccccc23)s1. The fraction of sp³-hybridized carbons (Fsp3) is 0.353. The van der Waals surface area contributed by atoms with Crippen molar-refractivity contribution in [1.29, 1.82) is 0 Å². The predicted molar refractivity (Wildman–Crippen MR) is 101 cm³/mol. The minimum absolute atomic E-state index is 0.119. The fourth-order valence-corrected chi connectivity index (χ4v) is 4.54. The lowest BCUT2D eigenvalue weighted by atomic mass is 10.1. The summed E-state index contributed by atoms with van der Waals surface area (Å²) in [6.07, 6.45) is 1.04. The van der Waals surface area contributed by atoms with Gasteiger partial charge in [-0.15, -0.1) is 10.2 Å². The van der Waals surface area contributed by atoms with E-state index in [0.29, 0.717) is 0 Å². The normalized spacial score (nSPS) is 12.5. The Morgan fingerprint density at radius 2 is 2.17 bits per heavy atom. The summed E-state index contributed by atoms with van der Waals surface area (Å²) >= 11 is 2.96. The van der Waals surface area contributed by atoms with Gasteiger partial charge in [0.05, 0.1) is 5.25 Å². The molecule has 5 nitrogen and oxygen atoms in total. The minimum Gasteiger partial charge on any atom is -0.360 e. The summed E-state index contributed by atoms with van der Waals surface area (Å²) in [6, 6.07) is 7.91. The van der Waals surface area contributed by atoms with Gasteiger partial charge < -0.3 is 10.3 Å². The van der Waals surface area contributed by atoms with Gasteiger partial charge in [-0.1, -0.05) is 48.2 Å². The molecule has 2 aromatic heterocycles. The zero-order valence-electron chi connectivity index (χ0n) is 13.9. The molecule has 0 aliphatic rings. The number of Topliss-reactive ketones (excluding diaryl/α,β-unsaturated/α-hetero) is 1. The van der Waals surface area contributed by atoms with Gasteiger partial charge in [-0.2, -0.15) is 0 Å². The molecular weight excluding hydrogens is 340 g/mol. The van der Waals surface area contributed by atoms with Crippen LogP contribution in [0.25, 0.3) is 10.9 Å². The van der Waals surface area contributed by atoms with Crippen LogP contribution in [0, 0.1) is 6.92 Å². The van der Waals surface area contributed by atoms with Gasteiger partial charge in [0.1, 0.15) is 0 Å². The van der Waals surface area contributed by atoms with Gasteiger partial charge >= 0.3 is 0 Å². The number of aromatic nitrogens is 3. The molecule has 0 bridgehead atoms. The van der Waals surface area contributed by atoms with Crippen LogP contribution in [0.1, 0.15) is 36.3 Å². The molecule has 0 radical (unpaired) electrons. The standard InChI is InChI=1S/C17H20N4OS2/c1-4-9-18-16-20-21-17(24-16)23-11(3)15(22)14-10(2)19-13-8-6-5-7-12(13)14/h5-8,11,19H,4,9H2,1-3H3,(H,18,20)/t11-/m1/s1. The van der Waals surface area contributed by atoms with Crippen molar-refractivity contribution >= 4 is 44.9 Å². The molecule has 1 aromatic carbocycles. The van der Waals surface area contributed by atoms with Crippen molar-refractivity contribution in [2.75, 3.05) is 11.9 Å². The highest BCUT2D eigenvalue weighted by Gasteiger charge is 2.23. The number of benzene rings is 1. The van der Waals surface area contributed by atoms with Crippen LogP contribution in [0.5, 0.6) is 0 Å². The molecule has 0 unspecified atom stereocenters. The first-order valence-corrected chi connectivity index (χ1v) is 9.65. The molecule has 3 rings (SSSR count). The summed E-state index contributed by atoms with van der Waals surface area (Å²) in [5.41, 5.74) is 2.69. The highest BCUT2D eigenvalue weighted by atomic mass is 32.2. The van der Waals surface area contributed by atoms with Crippen molar-refractivity contribution in [3.8, 4) is 0 Å². The molecule has 3 aromatic rings. The molecule has 0 amide bonds. The summed E-state index contributed by atoms with van der Waals surface area (Å²) in [5, 5.41) is 13.1. The van der Waals surface area contributed by atoms with Crippen LogP contribution >= 0.6 is 23.1 Å². The fourth-order valence-electron chi connectivity index (χ4n) is 2.56. The Bertz CT molecular complexity index is 855. The number of para-hydroxylation sites is 1. The van der Waals surface area contributed by atoms with E-state index in [9.17, 15) is 4.79 Å². The van der Waals surface area contributed by atoms with Gasteiger partial charge in [0.25, 0.3) is 0 Å². The second-order valence-electron chi connectivity index (χ2n) is 5.59. The molecule has 2 heterocycles. The number of rotatable bonds is 7. The minimum atomic E-state index is -0.213. The van der Waals surface area contributed by atoms with E-state index in [-0.39, 0.29) is 11.0 Å². The molecule has 0 aliphatic carbocycles. The van der Waals surface area contributed by atoms with Crippen LogP contribution < -0.4 is 5.32 Å². The largest absolute Gasteiger partial charge is 0.360 e. The van der Waals surface area contributed by atoms with E-state index in [4.69, 9.17) is 0 Å². The molecule has 0 spiro atoms. The van der Waals surface area contributed by atoms with Crippen LogP contribution in [-0.4, -0.2) is 32.8 Å². The van der Waals surface area contributed by atoms with Gasteiger partial charge in [-0.25, -0.2) is 0 Å². The number of aryl methyl sites for hydroxylation is 1. The molecule has 1 atom stereocenters. The van der Waals surface area contributed by atoms with Crippen LogP contribution in [0.15, 0.2) is 28.6 Å². The zero-order chi connectivity index (χ0) is 17.1. The summed E-state index contributed by atoms with van der Waals surface area (Å²) in [7, 11) is 0.